The van der Waals surface area contributed by atoms with Crippen LogP contribution in [0.4, 0.5) is 4.39 Å². The van der Waals surface area contributed by atoms with Crippen LogP contribution < -0.4 is 4.74 Å². The van der Waals surface area contributed by atoms with E-state index in [0.717, 1.165) is 4.31 Å². The summed E-state index contributed by atoms with van der Waals surface area (Å²) in [6.07, 6.45) is -0.462. The average molecular weight is 319 g/mol. The van der Waals surface area contributed by atoms with Gasteiger partial charge in [0.25, 0.3) is 0 Å². The average Bonchev–Trinajstić information content (AvgIpc) is 2.42. The van der Waals surface area contributed by atoms with Crippen molar-refractivity contribution in [3.8, 4) is 5.75 Å². The van der Waals surface area contributed by atoms with Crippen LogP contribution in [0.25, 0.3) is 0 Å². The first-order chi connectivity index (χ1) is 9.80. The molecule has 0 heterocycles. The normalized spacial score (nSPS) is 11.6. The highest BCUT2D eigenvalue weighted by atomic mass is 32.2. The number of halogens is 1. The van der Waals surface area contributed by atoms with Gasteiger partial charge in [-0.25, -0.2) is 12.8 Å². The fraction of sp³-hybridized carbons (Fsp3) is 0.462. The standard InChI is InChI=1S/C13H18FNO5S/c1-3-15(21(18,19)7-6-13(16)17)9-10-4-5-12(20-2)11(14)8-10/h4-5,8H,3,6-7,9H2,1-2H3,(H,16,17). The van der Waals surface area contributed by atoms with Crippen molar-refractivity contribution in [3.05, 3.63) is 29.6 Å². The molecule has 0 bridgehead atoms. The molecular formula is C13H18FNO5S. The molecule has 0 aliphatic carbocycles. The number of hydrogen-bond donors (Lipinski definition) is 1. The summed E-state index contributed by atoms with van der Waals surface area (Å²) in [5.74, 6) is -2.15. The van der Waals surface area contributed by atoms with Crippen molar-refractivity contribution in [3.63, 3.8) is 0 Å². The maximum absolute atomic E-state index is 13.6. The molecule has 0 aromatic heterocycles. The first kappa shape index (κ1) is 17.4. The van der Waals surface area contributed by atoms with E-state index in [1.807, 2.05) is 0 Å². The third-order valence-electron chi connectivity index (χ3n) is 2.90. The monoisotopic (exact) mass is 319 g/mol. The van der Waals surface area contributed by atoms with E-state index in [-0.39, 0.29) is 18.8 Å². The summed E-state index contributed by atoms with van der Waals surface area (Å²) in [4.78, 5) is 10.5. The lowest BCUT2D eigenvalue weighted by Crippen LogP contribution is -2.33. The smallest absolute Gasteiger partial charge is 0.304 e. The second-order valence-electron chi connectivity index (χ2n) is 4.35. The Hall–Kier alpha value is -1.67. The first-order valence-electron chi connectivity index (χ1n) is 6.32. The van der Waals surface area contributed by atoms with Crippen LogP contribution in [-0.2, 0) is 21.4 Å². The molecule has 0 spiro atoms. The van der Waals surface area contributed by atoms with Gasteiger partial charge in [-0.1, -0.05) is 13.0 Å². The van der Waals surface area contributed by atoms with Crippen LogP contribution in [0.15, 0.2) is 18.2 Å². The Labute approximate surface area is 123 Å². The summed E-state index contributed by atoms with van der Waals surface area (Å²) in [5.41, 5.74) is 0.467. The zero-order chi connectivity index (χ0) is 16.0. The Bertz CT molecular complexity index is 603. The molecule has 0 radical (unpaired) electrons. The molecular weight excluding hydrogens is 301 g/mol. The molecule has 1 aromatic carbocycles. The first-order valence-corrected chi connectivity index (χ1v) is 7.93. The van der Waals surface area contributed by atoms with E-state index in [9.17, 15) is 17.6 Å². The van der Waals surface area contributed by atoms with Crippen LogP contribution in [0, 0.1) is 5.82 Å². The Morgan fingerprint density at radius 2 is 2.10 bits per heavy atom. The third-order valence-corrected chi connectivity index (χ3v) is 4.79. The zero-order valence-corrected chi connectivity index (χ0v) is 12.7. The van der Waals surface area contributed by atoms with Gasteiger partial charge in [-0.15, -0.1) is 0 Å². The summed E-state index contributed by atoms with van der Waals surface area (Å²) in [6.45, 7) is 1.80. The van der Waals surface area contributed by atoms with Gasteiger partial charge in [-0.2, -0.15) is 4.31 Å². The van der Waals surface area contributed by atoms with Crippen molar-refractivity contribution < 1.29 is 27.4 Å². The van der Waals surface area contributed by atoms with E-state index in [1.54, 1.807) is 13.0 Å². The molecule has 118 valence electrons. The van der Waals surface area contributed by atoms with Crippen molar-refractivity contribution in [2.45, 2.75) is 19.9 Å². The van der Waals surface area contributed by atoms with Crippen molar-refractivity contribution >= 4 is 16.0 Å². The largest absolute Gasteiger partial charge is 0.494 e. The Morgan fingerprint density at radius 1 is 1.43 bits per heavy atom. The molecule has 1 rings (SSSR count). The number of hydrogen-bond acceptors (Lipinski definition) is 4. The molecule has 0 atom stereocenters. The molecule has 1 N–H and O–H groups in total. The predicted molar refractivity (Wildman–Crippen MR) is 75.1 cm³/mol. The molecule has 0 aliphatic rings. The lowest BCUT2D eigenvalue weighted by molar-refractivity contribution is -0.136. The van der Waals surface area contributed by atoms with Crippen LogP contribution in [0.1, 0.15) is 18.9 Å². The quantitative estimate of drug-likeness (QED) is 0.784. The number of aliphatic carboxylic acids is 1. The van der Waals surface area contributed by atoms with Crippen LogP contribution in [0.3, 0.4) is 0 Å². The van der Waals surface area contributed by atoms with Crippen LogP contribution >= 0.6 is 0 Å². The molecule has 21 heavy (non-hydrogen) atoms. The van der Waals surface area contributed by atoms with E-state index in [1.165, 1.54) is 19.2 Å². The van der Waals surface area contributed by atoms with Crippen molar-refractivity contribution in [1.29, 1.82) is 0 Å². The van der Waals surface area contributed by atoms with E-state index in [2.05, 4.69) is 0 Å². The van der Waals surface area contributed by atoms with E-state index < -0.39 is 34.0 Å². The number of methoxy groups -OCH3 is 1. The minimum atomic E-state index is -3.70. The number of nitrogens with zero attached hydrogens (tertiary/aromatic N) is 1. The third kappa shape index (κ3) is 4.98. The van der Waals surface area contributed by atoms with Gasteiger partial charge in [0.2, 0.25) is 10.0 Å². The lowest BCUT2D eigenvalue weighted by atomic mass is 10.2. The molecule has 0 saturated heterocycles. The predicted octanol–water partition coefficient (Wildman–Crippen LogP) is 1.46. The minimum Gasteiger partial charge on any atom is -0.494 e. The molecule has 8 heteroatoms. The SMILES string of the molecule is CCN(Cc1ccc(OC)c(F)c1)S(=O)(=O)CCC(=O)O. The molecule has 0 amide bonds. The highest BCUT2D eigenvalue weighted by molar-refractivity contribution is 7.89. The molecule has 0 saturated carbocycles. The van der Waals surface area contributed by atoms with Crippen LogP contribution in [-0.4, -0.2) is 43.2 Å². The van der Waals surface area contributed by atoms with E-state index in [4.69, 9.17) is 9.84 Å². The summed E-state index contributed by atoms with van der Waals surface area (Å²) in [7, 11) is -2.36. The van der Waals surface area contributed by atoms with Crippen molar-refractivity contribution in [2.24, 2.45) is 0 Å². The van der Waals surface area contributed by atoms with Gasteiger partial charge in [0.15, 0.2) is 11.6 Å². The molecule has 0 unspecified atom stereocenters. The van der Waals surface area contributed by atoms with Gasteiger partial charge in [-0.3, -0.25) is 4.79 Å². The van der Waals surface area contributed by atoms with Gasteiger partial charge in [0.1, 0.15) is 0 Å². The Kier molecular flexibility index (Phi) is 6.10. The second-order valence-corrected chi connectivity index (χ2v) is 6.44. The Morgan fingerprint density at radius 3 is 2.57 bits per heavy atom. The van der Waals surface area contributed by atoms with Crippen molar-refractivity contribution in [1.82, 2.24) is 4.31 Å². The van der Waals surface area contributed by atoms with E-state index in [0.29, 0.717) is 5.56 Å². The highest BCUT2D eigenvalue weighted by Gasteiger charge is 2.22. The number of benzene rings is 1. The van der Waals surface area contributed by atoms with Crippen molar-refractivity contribution in [2.75, 3.05) is 19.4 Å². The number of ether oxygens (including phenoxy) is 1. The summed E-state index contributed by atoms with van der Waals surface area (Å²) >= 11 is 0. The summed E-state index contributed by atoms with van der Waals surface area (Å²) < 4.78 is 43.5. The maximum Gasteiger partial charge on any atom is 0.304 e. The zero-order valence-electron chi connectivity index (χ0n) is 11.9. The molecule has 0 aliphatic heterocycles. The number of sulfonamides is 1. The fourth-order valence-corrected chi connectivity index (χ4v) is 3.19. The van der Waals surface area contributed by atoms with Gasteiger partial charge in [-0.05, 0) is 17.7 Å². The van der Waals surface area contributed by atoms with Gasteiger partial charge < -0.3 is 9.84 Å². The van der Waals surface area contributed by atoms with Crippen LogP contribution in [0.2, 0.25) is 0 Å². The van der Waals surface area contributed by atoms with Gasteiger partial charge in [0, 0.05) is 13.1 Å². The number of carboxylic acid groups (broad SMARTS) is 1. The van der Waals surface area contributed by atoms with Gasteiger partial charge in [0.05, 0.1) is 19.3 Å². The van der Waals surface area contributed by atoms with Gasteiger partial charge >= 0.3 is 5.97 Å². The number of carboxylic acids is 1. The summed E-state index contributed by atoms with van der Waals surface area (Å²) in [6, 6.07) is 4.19. The summed E-state index contributed by atoms with van der Waals surface area (Å²) in [5, 5.41) is 8.57. The lowest BCUT2D eigenvalue weighted by Gasteiger charge is -2.20. The second kappa shape index (κ2) is 7.37. The highest BCUT2D eigenvalue weighted by Crippen LogP contribution is 2.19. The topological polar surface area (TPSA) is 83.9 Å². The maximum atomic E-state index is 13.6. The van der Waals surface area contributed by atoms with Crippen LogP contribution in [0.5, 0.6) is 5.75 Å². The molecule has 1 aromatic rings. The number of rotatable bonds is 8. The minimum absolute atomic E-state index is 0.0145. The fourth-order valence-electron chi connectivity index (χ4n) is 1.76. The molecule has 0 fully saturated rings. The molecule has 6 nitrogen and oxygen atoms in total. The van der Waals surface area contributed by atoms with E-state index >= 15 is 0 Å². The number of carbonyl (C=O) groups is 1. The Balaban J connectivity index is 2.86.